The highest BCUT2D eigenvalue weighted by molar-refractivity contribution is 7.15. The van der Waals surface area contributed by atoms with Crippen LogP contribution in [-0.4, -0.2) is 20.7 Å². The van der Waals surface area contributed by atoms with Gasteiger partial charge in [-0.1, -0.05) is 25.2 Å². The molecular formula is C13H18N4OS. The molecule has 19 heavy (non-hydrogen) atoms. The molecule has 0 fully saturated rings. The van der Waals surface area contributed by atoms with E-state index in [1.807, 2.05) is 19.3 Å². The van der Waals surface area contributed by atoms with Crippen molar-refractivity contribution >= 4 is 22.4 Å². The number of hydrogen-bond acceptors (Lipinski definition) is 4. The second-order valence-electron chi connectivity index (χ2n) is 4.42. The predicted molar refractivity (Wildman–Crippen MR) is 76.6 cm³/mol. The van der Waals surface area contributed by atoms with E-state index in [-0.39, 0.29) is 5.91 Å². The summed E-state index contributed by atoms with van der Waals surface area (Å²) < 4.78 is 1.78. The molecule has 0 spiro atoms. The van der Waals surface area contributed by atoms with Crippen LogP contribution in [0.15, 0.2) is 18.3 Å². The molecule has 2 aromatic heterocycles. The van der Waals surface area contributed by atoms with E-state index >= 15 is 0 Å². The van der Waals surface area contributed by atoms with Crippen LogP contribution < -0.4 is 5.32 Å². The first-order chi connectivity index (χ1) is 9.15. The van der Waals surface area contributed by atoms with Gasteiger partial charge in [0.05, 0.1) is 0 Å². The molecule has 0 radical (unpaired) electrons. The quantitative estimate of drug-likeness (QED) is 0.914. The first-order valence-corrected chi connectivity index (χ1v) is 7.23. The summed E-state index contributed by atoms with van der Waals surface area (Å²) >= 11 is 1.46. The Morgan fingerprint density at radius 1 is 1.42 bits per heavy atom. The molecule has 2 aromatic rings. The van der Waals surface area contributed by atoms with Gasteiger partial charge in [-0.2, -0.15) is 0 Å². The highest BCUT2D eigenvalue weighted by Gasteiger charge is 2.16. The van der Waals surface area contributed by atoms with Crippen LogP contribution in [0.3, 0.4) is 0 Å². The SMILES string of the molecule is CCC(CC)c1nnc(NC(=O)c2cccn2C)s1. The molecule has 0 unspecified atom stereocenters. The zero-order valence-electron chi connectivity index (χ0n) is 11.4. The van der Waals surface area contributed by atoms with Crippen molar-refractivity contribution in [3.8, 4) is 0 Å². The number of carbonyl (C=O) groups is 1. The molecule has 2 rings (SSSR count). The van der Waals surface area contributed by atoms with E-state index in [2.05, 4.69) is 29.4 Å². The molecule has 0 aliphatic rings. The number of aromatic nitrogens is 3. The first-order valence-electron chi connectivity index (χ1n) is 6.41. The highest BCUT2D eigenvalue weighted by Crippen LogP contribution is 2.28. The molecule has 0 aliphatic carbocycles. The molecule has 1 N–H and O–H groups in total. The zero-order chi connectivity index (χ0) is 13.8. The molecule has 1 amide bonds. The third-order valence-corrected chi connectivity index (χ3v) is 4.17. The zero-order valence-corrected chi connectivity index (χ0v) is 12.2. The van der Waals surface area contributed by atoms with Crippen molar-refractivity contribution < 1.29 is 4.79 Å². The summed E-state index contributed by atoms with van der Waals surface area (Å²) in [6.07, 6.45) is 3.92. The molecule has 0 aromatic carbocycles. The lowest BCUT2D eigenvalue weighted by Crippen LogP contribution is -2.15. The topological polar surface area (TPSA) is 59.8 Å². The van der Waals surface area contributed by atoms with Crippen LogP contribution in [0.5, 0.6) is 0 Å². The average Bonchev–Trinajstić information content (AvgIpc) is 3.00. The average molecular weight is 278 g/mol. The van der Waals surface area contributed by atoms with Gasteiger partial charge < -0.3 is 4.57 Å². The fraction of sp³-hybridized carbons (Fsp3) is 0.462. The summed E-state index contributed by atoms with van der Waals surface area (Å²) in [5.74, 6) is 0.276. The Hall–Kier alpha value is -1.69. The van der Waals surface area contributed by atoms with E-state index in [9.17, 15) is 4.79 Å². The van der Waals surface area contributed by atoms with Crippen LogP contribution in [0, 0.1) is 0 Å². The summed E-state index contributed by atoms with van der Waals surface area (Å²) in [7, 11) is 1.84. The smallest absolute Gasteiger partial charge is 0.274 e. The van der Waals surface area contributed by atoms with Gasteiger partial charge >= 0.3 is 0 Å². The number of amides is 1. The predicted octanol–water partition coefficient (Wildman–Crippen LogP) is 3.03. The molecule has 0 aliphatic heterocycles. The number of rotatable bonds is 5. The third-order valence-electron chi connectivity index (χ3n) is 3.17. The normalized spacial score (nSPS) is 10.9. The minimum atomic E-state index is -0.153. The number of carbonyl (C=O) groups excluding carboxylic acids is 1. The monoisotopic (exact) mass is 278 g/mol. The van der Waals surface area contributed by atoms with Gasteiger partial charge in [0.15, 0.2) is 0 Å². The largest absolute Gasteiger partial charge is 0.347 e. The standard InChI is InChI=1S/C13H18N4OS/c1-4-9(5-2)12-15-16-13(19-12)14-11(18)10-7-6-8-17(10)3/h6-9H,4-5H2,1-3H3,(H,14,16,18). The summed E-state index contributed by atoms with van der Waals surface area (Å²) in [4.78, 5) is 12.0. The van der Waals surface area contributed by atoms with E-state index < -0.39 is 0 Å². The minimum absolute atomic E-state index is 0.153. The molecule has 0 bridgehead atoms. The molecule has 0 saturated carbocycles. The summed E-state index contributed by atoms with van der Waals surface area (Å²) in [6, 6.07) is 3.61. The Bertz CT molecular complexity index is 556. The fourth-order valence-corrected chi connectivity index (χ4v) is 2.95. The lowest BCUT2D eigenvalue weighted by Gasteiger charge is -2.05. The summed E-state index contributed by atoms with van der Waals surface area (Å²) in [6.45, 7) is 4.27. The Kier molecular flexibility index (Phi) is 4.31. The number of aryl methyl sites for hydroxylation is 1. The lowest BCUT2D eigenvalue weighted by molar-refractivity contribution is 0.101. The molecule has 2 heterocycles. The first kappa shape index (κ1) is 13.7. The van der Waals surface area contributed by atoms with Crippen molar-refractivity contribution in [2.24, 2.45) is 7.05 Å². The molecule has 6 heteroatoms. The van der Waals surface area contributed by atoms with Crippen LogP contribution in [-0.2, 0) is 7.05 Å². The van der Waals surface area contributed by atoms with Crippen LogP contribution in [0.4, 0.5) is 5.13 Å². The Morgan fingerprint density at radius 2 is 2.16 bits per heavy atom. The van der Waals surface area contributed by atoms with Crippen molar-refractivity contribution in [1.82, 2.24) is 14.8 Å². The van der Waals surface area contributed by atoms with Gasteiger partial charge in [0, 0.05) is 19.2 Å². The van der Waals surface area contributed by atoms with Crippen LogP contribution in [0.1, 0.15) is 48.1 Å². The van der Waals surface area contributed by atoms with Gasteiger partial charge in [-0.25, -0.2) is 0 Å². The van der Waals surface area contributed by atoms with Crippen LogP contribution >= 0.6 is 11.3 Å². The third kappa shape index (κ3) is 3.01. The van der Waals surface area contributed by atoms with Crippen LogP contribution in [0.25, 0.3) is 0 Å². The molecular weight excluding hydrogens is 260 g/mol. The van der Waals surface area contributed by atoms with Crippen molar-refractivity contribution in [2.75, 3.05) is 5.32 Å². The Balaban J connectivity index is 2.08. The van der Waals surface area contributed by atoms with E-state index in [4.69, 9.17) is 0 Å². The van der Waals surface area contributed by atoms with Crippen LogP contribution in [0.2, 0.25) is 0 Å². The van der Waals surface area contributed by atoms with Crippen molar-refractivity contribution in [3.63, 3.8) is 0 Å². The highest BCUT2D eigenvalue weighted by atomic mass is 32.1. The number of hydrogen-bond donors (Lipinski definition) is 1. The Morgan fingerprint density at radius 3 is 2.74 bits per heavy atom. The second-order valence-corrected chi connectivity index (χ2v) is 5.43. The minimum Gasteiger partial charge on any atom is -0.347 e. The van der Waals surface area contributed by atoms with E-state index in [0.717, 1.165) is 17.8 Å². The van der Waals surface area contributed by atoms with Crippen molar-refractivity contribution in [3.05, 3.63) is 29.0 Å². The molecule has 102 valence electrons. The maximum atomic E-state index is 12.0. The fourth-order valence-electron chi connectivity index (χ4n) is 1.95. The van der Waals surface area contributed by atoms with Crippen molar-refractivity contribution in [2.45, 2.75) is 32.6 Å². The molecule has 5 nitrogen and oxygen atoms in total. The van der Waals surface area contributed by atoms with E-state index in [1.165, 1.54) is 11.3 Å². The molecule has 0 saturated heterocycles. The van der Waals surface area contributed by atoms with Crippen molar-refractivity contribution in [1.29, 1.82) is 0 Å². The number of nitrogens with one attached hydrogen (secondary N) is 1. The Labute approximate surface area is 116 Å². The second kappa shape index (κ2) is 5.97. The maximum Gasteiger partial charge on any atom is 0.274 e. The van der Waals surface area contributed by atoms with Gasteiger partial charge in [0.1, 0.15) is 10.7 Å². The van der Waals surface area contributed by atoms with E-state index in [0.29, 0.717) is 16.7 Å². The molecule has 0 atom stereocenters. The summed E-state index contributed by atoms with van der Waals surface area (Å²) in [5.41, 5.74) is 0.610. The number of anilines is 1. The van der Waals surface area contributed by atoms with Gasteiger partial charge in [-0.3, -0.25) is 10.1 Å². The lowest BCUT2D eigenvalue weighted by atomic mass is 10.1. The van der Waals surface area contributed by atoms with Gasteiger partial charge in [-0.15, -0.1) is 10.2 Å². The maximum absolute atomic E-state index is 12.0. The van der Waals surface area contributed by atoms with E-state index in [1.54, 1.807) is 10.6 Å². The number of nitrogens with zero attached hydrogens (tertiary/aromatic N) is 3. The van der Waals surface area contributed by atoms with Gasteiger partial charge in [0.25, 0.3) is 5.91 Å². The summed E-state index contributed by atoms with van der Waals surface area (Å²) in [5, 5.41) is 12.6. The van der Waals surface area contributed by atoms with Gasteiger partial charge in [-0.05, 0) is 25.0 Å². The van der Waals surface area contributed by atoms with Gasteiger partial charge in [0.2, 0.25) is 5.13 Å².